The zero-order valence-corrected chi connectivity index (χ0v) is 10.3. The number of hydrogen-bond acceptors (Lipinski definition) is 5. The molecule has 0 saturated carbocycles. The Bertz CT molecular complexity index is 621. The lowest BCUT2D eigenvalue weighted by molar-refractivity contribution is 0.617. The quantitative estimate of drug-likeness (QED) is 0.877. The molecule has 0 radical (unpaired) electrons. The molecule has 0 aliphatic rings. The molecule has 0 aliphatic carbocycles. The van der Waals surface area contributed by atoms with Gasteiger partial charge in [-0.1, -0.05) is 12.1 Å². The van der Waals surface area contributed by atoms with Gasteiger partial charge in [0.05, 0.1) is 17.8 Å². The third-order valence-corrected chi connectivity index (χ3v) is 2.48. The Balaban J connectivity index is 2.12. The SMILES string of the molecule is CNc1ncc(F)c(NCc2cccc(C#N)c2)n1. The van der Waals surface area contributed by atoms with E-state index in [0.717, 1.165) is 11.8 Å². The third kappa shape index (κ3) is 3.16. The van der Waals surface area contributed by atoms with Crippen molar-refractivity contribution in [3.8, 4) is 6.07 Å². The van der Waals surface area contributed by atoms with Crippen molar-refractivity contribution in [1.29, 1.82) is 5.26 Å². The number of anilines is 2. The van der Waals surface area contributed by atoms with Crippen LogP contribution in [0.3, 0.4) is 0 Å². The van der Waals surface area contributed by atoms with Crippen molar-refractivity contribution in [1.82, 2.24) is 9.97 Å². The second-order valence-electron chi connectivity index (χ2n) is 3.81. The predicted octanol–water partition coefficient (Wildman–Crippen LogP) is 2.14. The first-order chi connectivity index (χ1) is 9.22. The molecule has 2 aromatic rings. The van der Waals surface area contributed by atoms with E-state index in [2.05, 4.69) is 26.7 Å². The van der Waals surface area contributed by atoms with Gasteiger partial charge in [0, 0.05) is 13.6 Å². The van der Waals surface area contributed by atoms with Crippen LogP contribution in [0.1, 0.15) is 11.1 Å². The largest absolute Gasteiger partial charge is 0.363 e. The van der Waals surface area contributed by atoms with Crippen LogP contribution in [0.5, 0.6) is 0 Å². The topological polar surface area (TPSA) is 73.6 Å². The van der Waals surface area contributed by atoms with Crippen LogP contribution in [-0.4, -0.2) is 17.0 Å². The number of aromatic nitrogens is 2. The molecule has 6 heteroatoms. The number of nitriles is 1. The van der Waals surface area contributed by atoms with E-state index >= 15 is 0 Å². The lowest BCUT2D eigenvalue weighted by Gasteiger charge is -2.08. The molecular weight excluding hydrogens is 245 g/mol. The summed E-state index contributed by atoms with van der Waals surface area (Å²) >= 11 is 0. The lowest BCUT2D eigenvalue weighted by atomic mass is 10.1. The Labute approximate surface area is 110 Å². The molecule has 0 unspecified atom stereocenters. The Hall–Kier alpha value is -2.68. The van der Waals surface area contributed by atoms with Gasteiger partial charge in [0.1, 0.15) is 0 Å². The maximum absolute atomic E-state index is 13.5. The Morgan fingerprint density at radius 3 is 3.00 bits per heavy atom. The van der Waals surface area contributed by atoms with Gasteiger partial charge in [-0.3, -0.25) is 0 Å². The van der Waals surface area contributed by atoms with Gasteiger partial charge >= 0.3 is 0 Å². The highest BCUT2D eigenvalue weighted by atomic mass is 19.1. The van der Waals surface area contributed by atoms with Crippen LogP contribution in [0.15, 0.2) is 30.5 Å². The van der Waals surface area contributed by atoms with Crippen LogP contribution in [0, 0.1) is 17.1 Å². The minimum atomic E-state index is -0.518. The number of halogens is 1. The summed E-state index contributed by atoms with van der Waals surface area (Å²) in [6.07, 6.45) is 1.10. The number of benzene rings is 1. The van der Waals surface area contributed by atoms with E-state index in [1.165, 1.54) is 0 Å². The van der Waals surface area contributed by atoms with Gasteiger partial charge in [0.15, 0.2) is 11.6 Å². The number of hydrogen-bond donors (Lipinski definition) is 2. The van der Waals surface area contributed by atoms with Crippen molar-refractivity contribution in [2.24, 2.45) is 0 Å². The monoisotopic (exact) mass is 257 g/mol. The average Bonchev–Trinajstić information content (AvgIpc) is 2.46. The zero-order valence-electron chi connectivity index (χ0n) is 10.3. The van der Waals surface area contributed by atoms with Gasteiger partial charge in [-0.15, -0.1) is 0 Å². The molecule has 0 spiro atoms. The summed E-state index contributed by atoms with van der Waals surface area (Å²) in [5.41, 5.74) is 1.45. The van der Waals surface area contributed by atoms with E-state index in [0.29, 0.717) is 18.1 Å². The molecule has 19 heavy (non-hydrogen) atoms. The van der Waals surface area contributed by atoms with E-state index in [4.69, 9.17) is 5.26 Å². The lowest BCUT2D eigenvalue weighted by Crippen LogP contribution is -2.06. The third-order valence-electron chi connectivity index (χ3n) is 2.48. The molecule has 96 valence electrons. The van der Waals surface area contributed by atoms with E-state index in [1.807, 2.05) is 6.07 Å². The van der Waals surface area contributed by atoms with Crippen molar-refractivity contribution >= 4 is 11.8 Å². The van der Waals surface area contributed by atoms with Crippen molar-refractivity contribution in [2.45, 2.75) is 6.54 Å². The molecule has 0 fully saturated rings. The van der Waals surface area contributed by atoms with Crippen molar-refractivity contribution in [3.05, 3.63) is 47.4 Å². The summed E-state index contributed by atoms with van der Waals surface area (Å²) in [7, 11) is 1.66. The predicted molar refractivity (Wildman–Crippen MR) is 70.0 cm³/mol. The molecule has 0 amide bonds. The molecule has 2 N–H and O–H groups in total. The van der Waals surface area contributed by atoms with Crippen molar-refractivity contribution < 1.29 is 4.39 Å². The second kappa shape index (κ2) is 5.78. The van der Waals surface area contributed by atoms with Gasteiger partial charge in [0.2, 0.25) is 5.95 Å². The Morgan fingerprint density at radius 1 is 1.42 bits per heavy atom. The first kappa shape index (κ1) is 12.8. The van der Waals surface area contributed by atoms with E-state index < -0.39 is 5.82 Å². The molecule has 1 aromatic heterocycles. The fourth-order valence-electron chi connectivity index (χ4n) is 1.55. The standard InChI is InChI=1S/C13H12FN5/c1-16-13-18-8-11(14)12(19-13)17-7-10-4-2-3-9(5-10)6-15/h2-5,8H,7H2,1H3,(H2,16,17,18,19). The van der Waals surface area contributed by atoms with E-state index in [-0.39, 0.29) is 5.82 Å². The van der Waals surface area contributed by atoms with Crippen molar-refractivity contribution in [2.75, 3.05) is 17.7 Å². The molecule has 0 saturated heterocycles. The zero-order chi connectivity index (χ0) is 13.7. The number of nitrogens with one attached hydrogen (secondary N) is 2. The van der Waals surface area contributed by atoms with Gasteiger partial charge in [-0.05, 0) is 17.7 Å². The van der Waals surface area contributed by atoms with Gasteiger partial charge in [-0.25, -0.2) is 9.37 Å². The first-order valence-electron chi connectivity index (χ1n) is 5.66. The minimum Gasteiger partial charge on any atom is -0.363 e. The number of rotatable bonds is 4. The van der Waals surface area contributed by atoms with Crippen LogP contribution in [-0.2, 0) is 6.54 Å². The molecule has 5 nitrogen and oxygen atoms in total. The first-order valence-corrected chi connectivity index (χ1v) is 5.66. The van der Waals surface area contributed by atoms with Crippen LogP contribution in [0.25, 0.3) is 0 Å². The van der Waals surface area contributed by atoms with Crippen LogP contribution in [0.4, 0.5) is 16.2 Å². The highest BCUT2D eigenvalue weighted by Crippen LogP contribution is 2.13. The van der Waals surface area contributed by atoms with Gasteiger partial charge < -0.3 is 10.6 Å². The van der Waals surface area contributed by atoms with Crippen molar-refractivity contribution in [3.63, 3.8) is 0 Å². The summed E-state index contributed by atoms with van der Waals surface area (Å²) in [4.78, 5) is 7.73. The normalized spacial score (nSPS) is 9.74. The van der Waals surface area contributed by atoms with Crippen LogP contribution < -0.4 is 10.6 Å². The summed E-state index contributed by atoms with van der Waals surface area (Å²) in [5.74, 6) is -0.0492. The summed E-state index contributed by atoms with van der Waals surface area (Å²) < 4.78 is 13.5. The molecule has 0 aliphatic heterocycles. The molecule has 2 rings (SSSR count). The van der Waals surface area contributed by atoms with Crippen LogP contribution >= 0.6 is 0 Å². The minimum absolute atomic E-state index is 0.127. The molecular formula is C13H12FN5. The maximum Gasteiger partial charge on any atom is 0.224 e. The van der Waals surface area contributed by atoms with Gasteiger partial charge in [0.25, 0.3) is 0 Å². The Kier molecular flexibility index (Phi) is 3.88. The maximum atomic E-state index is 13.5. The van der Waals surface area contributed by atoms with E-state index in [1.54, 1.807) is 25.2 Å². The average molecular weight is 257 g/mol. The highest BCUT2D eigenvalue weighted by molar-refractivity contribution is 5.42. The highest BCUT2D eigenvalue weighted by Gasteiger charge is 2.05. The smallest absolute Gasteiger partial charge is 0.224 e. The summed E-state index contributed by atoms with van der Waals surface area (Å²) in [6, 6.07) is 9.15. The molecule has 0 bridgehead atoms. The fraction of sp³-hybridized carbons (Fsp3) is 0.154. The van der Waals surface area contributed by atoms with Crippen LogP contribution in [0.2, 0.25) is 0 Å². The van der Waals surface area contributed by atoms with Gasteiger partial charge in [-0.2, -0.15) is 10.2 Å². The Morgan fingerprint density at radius 2 is 2.26 bits per heavy atom. The fourth-order valence-corrected chi connectivity index (χ4v) is 1.55. The molecule has 1 heterocycles. The summed E-state index contributed by atoms with van der Waals surface area (Å²) in [5, 5.41) is 14.4. The molecule has 0 atom stereocenters. The molecule has 1 aromatic carbocycles. The number of nitrogens with zero attached hydrogens (tertiary/aromatic N) is 3. The second-order valence-corrected chi connectivity index (χ2v) is 3.81. The summed E-state index contributed by atoms with van der Waals surface area (Å²) in [6.45, 7) is 0.382. The van der Waals surface area contributed by atoms with E-state index in [9.17, 15) is 4.39 Å².